The van der Waals surface area contributed by atoms with E-state index in [0.717, 1.165) is 17.8 Å². The Morgan fingerprint density at radius 1 is 1.41 bits per heavy atom. The van der Waals surface area contributed by atoms with Gasteiger partial charge in [0.15, 0.2) is 5.43 Å². The molecule has 96 valence electrons. The van der Waals surface area contributed by atoms with Crippen molar-refractivity contribution in [3.63, 3.8) is 0 Å². The van der Waals surface area contributed by atoms with E-state index in [1.54, 1.807) is 6.07 Å². The van der Waals surface area contributed by atoms with Crippen LogP contribution in [0.5, 0.6) is 0 Å². The van der Waals surface area contributed by atoms with E-state index >= 15 is 0 Å². The van der Waals surface area contributed by atoms with Gasteiger partial charge in [0.25, 0.3) is 0 Å². The highest BCUT2D eigenvalue weighted by molar-refractivity contribution is 5.72. The Hall–Kier alpha value is -1.58. The Balaban J connectivity index is 0.00000121. The summed E-state index contributed by atoms with van der Waals surface area (Å²) in [6.45, 7) is 9.56. The van der Waals surface area contributed by atoms with Crippen LogP contribution in [0.2, 0.25) is 0 Å². The minimum Gasteiger partial charge on any atom is -0.362 e. The third-order valence-electron chi connectivity index (χ3n) is 2.23. The van der Waals surface area contributed by atoms with E-state index in [1.165, 1.54) is 6.92 Å². The topological polar surface area (TPSA) is 62.0 Å². The molecule has 4 heteroatoms. The fourth-order valence-electron chi connectivity index (χ4n) is 1.49. The largest absolute Gasteiger partial charge is 0.362 e. The van der Waals surface area contributed by atoms with E-state index < -0.39 is 0 Å². The molecule has 0 aromatic carbocycles. The maximum absolute atomic E-state index is 11.7. The molecule has 0 unspecified atom stereocenters. The number of carbonyl (C=O) groups excluding carboxylic acids is 1. The highest BCUT2D eigenvalue weighted by Crippen LogP contribution is 2.03. The average molecular weight is 238 g/mol. The van der Waals surface area contributed by atoms with Gasteiger partial charge in [-0.15, -0.1) is 0 Å². The second-order valence-electron chi connectivity index (χ2n) is 3.54. The summed E-state index contributed by atoms with van der Waals surface area (Å²) < 4.78 is 0. The summed E-state index contributed by atoms with van der Waals surface area (Å²) in [6.07, 6.45) is 0.756. The smallest absolute Gasteiger partial charge is 0.217 e. The third-order valence-corrected chi connectivity index (χ3v) is 2.23. The van der Waals surface area contributed by atoms with E-state index in [0.29, 0.717) is 12.1 Å². The lowest BCUT2D eigenvalue weighted by molar-refractivity contribution is -0.119. The number of aryl methyl sites for hydroxylation is 2. The fraction of sp³-hybridized carbons (Fsp3) is 0.538. The molecule has 2 N–H and O–H groups in total. The monoisotopic (exact) mass is 238 g/mol. The number of aromatic amines is 1. The van der Waals surface area contributed by atoms with Gasteiger partial charge in [-0.25, -0.2) is 0 Å². The zero-order valence-electron chi connectivity index (χ0n) is 11.3. The summed E-state index contributed by atoms with van der Waals surface area (Å²) in [5.41, 5.74) is 2.38. The van der Waals surface area contributed by atoms with Gasteiger partial charge in [0.2, 0.25) is 5.91 Å². The van der Waals surface area contributed by atoms with Gasteiger partial charge in [-0.2, -0.15) is 0 Å². The maximum atomic E-state index is 11.7. The van der Waals surface area contributed by atoms with Crippen LogP contribution in [0.25, 0.3) is 0 Å². The van der Waals surface area contributed by atoms with Crippen molar-refractivity contribution in [1.82, 2.24) is 10.3 Å². The van der Waals surface area contributed by atoms with Crippen LogP contribution in [0.1, 0.15) is 44.6 Å². The normalized spacial score (nSPS) is 9.24. The molecule has 1 heterocycles. The minimum absolute atomic E-state index is 0.0168. The van der Waals surface area contributed by atoms with Gasteiger partial charge in [0.1, 0.15) is 0 Å². The van der Waals surface area contributed by atoms with E-state index in [2.05, 4.69) is 10.3 Å². The zero-order valence-corrected chi connectivity index (χ0v) is 11.3. The van der Waals surface area contributed by atoms with Crippen molar-refractivity contribution < 1.29 is 4.79 Å². The van der Waals surface area contributed by atoms with Crippen molar-refractivity contribution in [2.75, 3.05) is 0 Å². The zero-order chi connectivity index (χ0) is 13.4. The molecule has 0 bridgehead atoms. The van der Waals surface area contributed by atoms with E-state index in [-0.39, 0.29) is 11.3 Å². The van der Waals surface area contributed by atoms with Gasteiger partial charge in [0, 0.05) is 36.5 Å². The van der Waals surface area contributed by atoms with Crippen molar-refractivity contribution in [3.8, 4) is 0 Å². The molecule has 0 spiro atoms. The first kappa shape index (κ1) is 15.4. The van der Waals surface area contributed by atoms with Crippen LogP contribution in [0.15, 0.2) is 10.9 Å². The summed E-state index contributed by atoms with van der Waals surface area (Å²) in [6, 6.07) is 1.55. The molecule has 1 aromatic rings. The number of H-pyrrole nitrogens is 1. The van der Waals surface area contributed by atoms with Crippen LogP contribution in [0.4, 0.5) is 0 Å². The average Bonchev–Trinajstić information content (AvgIpc) is 2.29. The van der Waals surface area contributed by atoms with Crippen LogP contribution >= 0.6 is 0 Å². The Bertz CT molecular complexity index is 422. The van der Waals surface area contributed by atoms with Crippen molar-refractivity contribution in [3.05, 3.63) is 33.2 Å². The predicted molar refractivity (Wildman–Crippen MR) is 70.0 cm³/mol. The van der Waals surface area contributed by atoms with Crippen LogP contribution in [-0.4, -0.2) is 10.9 Å². The first-order valence-corrected chi connectivity index (χ1v) is 6.00. The van der Waals surface area contributed by atoms with Crippen LogP contribution in [0, 0.1) is 6.92 Å². The van der Waals surface area contributed by atoms with Crippen LogP contribution in [-0.2, 0) is 17.8 Å². The molecule has 0 saturated carbocycles. The number of hydrogen-bond donors (Lipinski definition) is 2. The SMILES string of the molecule is CC.CCc1[nH]c(C)cc(=O)c1CNC(C)=O. The second kappa shape index (κ2) is 7.65. The summed E-state index contributed by atoms with van der Waals surface area (Å²) in [5.74, 6) is -0.128. The van der Waals surface area contributed by atoms with Gasteiger partial charge in [-0.3, -0.25) is 9.59 Å². The first-order chi connectivity index (χ1) is 8.04. The molecule has 17 heavy (non-hydrogen) atoms. The standard InChI is InChI=1S/C11H16N2O2.C2H6/c1-4-10-9(6-12-8(3)14)11(15)5-7(2)13-10;1-2/h5H,4,6H2,1-3H3,(H,12,14)(H,13,15);1-2H3. The fourth-order valence-corrected chi connectivity index (χ4v) is 1.49. The van der Waals surface area contributed by atoms with Crippen molar-refractivity contribution in [1.29, 1.82) is 0 Å². The molecule has 0 atom stereocenters. The van der Waals surface area contributed by atoms with Crippen molar-refractivity contribution in [2.45, 2.75) is 47.6 Å². The summed E-state index contributed by atoms with van der Waals surface area (Å²) in [4.78, 5) is 25.6. The highest BCUT2D eigenvalue weighted by atomic mass is 16.1. The van der Waals surface area contributed by atoms with Gasteiger partial charge < -0.3 is 10.3 Å². The molecular weight excluding hydrogens is 216 g/mol. The van der Waals surface area contributed by atoms with Crippen molar-refractivity contribution in [2.24, 2.45) is 0 Å². The number of nitrogens with one attached hydrogen (secondary N) is 2. The molecular formula is C13H22N2O2. The van der Waals surface area contributed by atoms with Gasteiger partial charge in [0.05, 0.1) is 0 Å². The van der Waals surface area contributed by atoms with Crippen molar-refractivity contribution >= 4 is 5.91 Å². The first-order valence-electron chi connectivity index (χ1n) is 6.00. The van der Waals surface area contributed by atoms with E-state index in [9.17, 15) is 9.59 Å². The maximum Gasteiger partial charge on any atom is 0.217 e. The Morgan fingerprint density at radius 2 is 2.00 bits per heavy atom. The minimum atomic E-state index is -0.128. The van der Waals surface area contributed by atoms with Crippen LogP contribution in [0.3, 0.4) is 0 Å². The number of rotatable bonds is 3. The second-order valence-corrected chi connectivity index (χ2v) is 3.54. The Labute approximate surface area is 102 Å². The molecule has 1 aromatic heterocycles. The number of hydrogen-bond acceptors (Lipinski definition) is 2. The lowest BCUT2D eigenvalue weighted by Gasteiger charge is -2.08. The molecule has 0 aliphatic carbocycles. The summed E-state index contributed by atoms with van der Waals surface area (Å²) >= 11 is 0. The van der Waals surface area contributed by atoms with Crippen LogP contribution < -0.4 is 10.7 Å². The quantitative estimate of drug-likeness (QED) is 0.845. The number of pyridine rings is 1. The molecule has 0 radical (unpaired) electrons. The molecule has 0 fully saturated rings. The van der Waals surface area contributed by atoms with Gasteiger partial charge in [-0.1, -0.05) is 20.8 Å². The van der Waals surface area contributed by atoms with Gasteiger partial charge >= 0.3 is 0 Å². The number of carbonyl (C=O) groups is 1. The third kappa shape index (κ3) is 4.85. The molecule has 1 amide bonds. The molecule has 0 aliphatic rings. The lowest BCUT2D eigenvalue weighted by Crippen LogP contribution is -2.25. The summed E-state index contributed by atoms with van der Waals surface area (Å²) in [5, 5.41) is 2.64. The molecule has 0 saturated heterocycles. The Kier molecular flexibility index (Phi) is 6.94. The predicted octanol–water partition coefficient (Wildman–Crippen LogP) is 1.91. The number of amides is 1. The van der Waals surface area contributed by atoms with Gasteiger partial charge in [-0.05, 0) is 13.3 Å². The number of aromatic nitrogens is 1. The molecule has 4 nitrogen and oxygen atoms in total. The highest BCUT2D eigenvalue weighted by Gasteiger charge is 2.07. The van der Waals surface area contributed by atoms with E-state index in [1.807, 2.05) is 27.7 Å². The lowest BCUT2D eigenvalue weighted by atomic mass is 10.1. The Morgan fingerprint density at radius 3 is 2.47 bits per heavy atom. The molecule has 1 rings (SSSR count). The molecule has 0 aliphatic heterocycles. The summed E-state index contributed by atoms with van der Waals surface area (Å²) in [7, 11) is 0. The van der Waals surface area contributed by atoms with E-state index in [4.69, 9.17) is 0 Å².